The summed E-state index contributed by atoms with van der Waals surface area (Å²) in [5.74, 6) is -2.59. The normalized spacial score (nSPS) is 14.3. The van der Waals surface area contributed by atoms with Gasteiger partial charge in [0.1, 0.15) is 11.6 Å². The quantitative estimate of drug-likeness (QED) is 0.264. The SMILES string of the molecule is COC(=O)c1cccc(CNC(Nc2ccc(-c3cnco3)c(OC)c2)=C2C(=O)OC(C)(C)OC2=O)c1. The monoisotopic (exact) mass is 507 g/mol. The van der Waals surface area contributed by atoms with Crippen molar-refractivity contribution in [2.75, 3.05) is 19.5 Å². The van der Waals surface area contributed by atoms with Crippen LogP contribution in [0.15, 0.2) is 70.9 Å². The molecular weight excluding hydrogens is 482 g/mol. The summed E-state index contributed by atoms with van der Waals surface area (Å²) < 4.78 is 26.2. The summed E-state index contributed by atoms with van der Waals surface area (Å²) in [6.07, 6.45) is 2.86. The molecule has 0 atom stereocenters. The maximum absolute atomic E-state index is 12.8. The Labute approximate surface area is 212 Å². The molecule has 0 bridgehead atoms. The van der Waals surface area contributed by atoms with Crippen molar-refractivity contribution in [1.29, 1.82) is 0 Å². The average molecular weight is 507 g/mol. The Morgan fingerprint density at radius 2 is 1.81 bits per heavy atom. The molecule has 37 heavy (non-hydrogen) atoms. The van der Waals surface area contributed by atoms with Crippen LogP contribution in [0.2, 0.25) is 0 Å². The van der Waals surface area contributed by atoms with Gasteiger partial charge in [-0.3, -0.25) is 0 Å². The van der Waals surface area contributed by atoms with Gasteiger partial charge in [-0.25, -0.2) is 19.4 Å². The number of esters is 3. The van der Waals surface area contributed by atoms with Gasteiger partial charge in [0, 0.05) is 32.1 Å². The summed E-state index contributed by atoms with van der Waals surface area (Å²) in [6, 6.07) is 11.8. The van der Waals surface area contributed by atoms with Crippen LogP contribution in [-0.4, -0.2) is 42.9 Å². The first-order chi connectivity index (χ1) is 17.7. The minimum Gasteiger partial charge on any atom is -0.496 e. The number of rotatable bonds is 8. The standard InChI is InChI=1S/C26H25N3O8/c1-26(2)36-24(31)21(25(32)37-26)22(28-12-15-6-5-7-16(10-15)23(30)34-4)29-17-8-9-18(19(11-17)33-3)20-13-27-14-35-20/h5-11,13-14,28-29H,12H2,1-4H3. The van der Waals surface area contributed by atoms with Gasteiger partial charge in [-0.15, -0.1) is 0 Å². The molecule has 0 saturated carbocycles. The van der Waals surface area contributed by atoms with E-state index >= 15 is 0 Å². The number of carbonyl (C=O) groups is 3. The number of cyclic esters (lactones) is 2. The van der Waals surface area contributed by atoms with Crippen molar-refractivity contribution in [2.45, 2.75) is 26.2 Å². The molecule has 0 radical (unpaired) electrons. The van der Waals surface area contributed by atoms with Crippen LogP contribution in [0.5, 0.6) is 5.75 Å². The molecule has 2 N–H and O–H groups in total. The van der Waals surface area contributed by atoms with Gasteiger partial charge in [0.05, 0.1) is 31.5 Å². The predicted molar refractivity (Wildman–Crippen MR) is 130 cm³/mol. The van der Waals surface area contributed by atoms with Gasteiger partial charge >= 0.3 is 17.9 Å². The first-order valence-electron chi connectivity index (χ1n) is 11.2. The lowest BCUT2D eigenvalue weighted by Crippen LogP contribution is -2.44. The zero-order valence-electron chi connectivity index (χ0n) is 20.6. The van der Waals surface area contributed by atoms with E-state index in [1.165, 1.54) is 34.5 Å². The van der Waals surface area contributed by atoms with Crippen molar-refractivity contribution >= 4 is 23.6 Å². The number of hydrogen-bond acceptors (Lipinski definition) is 11. The second-order valence-electron chi connectivity index (χ2n) is 8.38. The first kappa shape index (κ1) is 25.3. The fourth-order valence-electron chi connectivity index (χ4n) is 3.63. The van der Waals surface area contributed by atoms with Crippen LogP contribution < -0.4 is 15.4 Å². The fourth-order valence-corrected chi connectivity index (χ4v) is 3.63. The maximum atomic E-state index is 12.8. The van der Waals surface area contributed by atoms with Crippen molar-refractivity contribution in [1.82, 2.24) is 10.3 Å². The molecule has 0 aliphatic carbocycles. The third-order valence-corrected chi connectivity index (χ3v) is 5.32. The van der Waals surface area contributed by atoms with E-state index in [2.05, 4.69) is 15.6 Å². The highest BCUT2D eigenvalue weighted by atomic mass is 16.7. The molecular formula is C26H25N3O8. The largest absolute Gasteiger partial charge is 0.496 e. The second kappa shape index (κ2) is 10.4. The molecule has 4 rings (SSSR count). The van der Waals surface area contributed by atoms with Crippen LogP contribution in [-0.2, 0) is 30.3 Å². The number of oxazole rings is 1. The minimum absolute atomic E-state index is 0.0449. The van der Waals surface area contributed by atoms with Gasteiger partial charge in [-0.2, -0.15) is 0 Å². The fraction of sp³-hybridized carbons (Fsp3) is 0.231. The van der Waals surface area contributed by atoms with Crippen LogP contribution in [0.25, 0.3) is 11.3 Å². The molecule has 11 nitrogen and oxygen atoms in total. The smallest absolute Gasteiger partial charge is 0.352 e. The molecule has 2 heterocycles. The highest BCUT2D eigenvalue weighted by Gasteiger charge is 2.41. The Kier molecular flexibility index (Phi) is 7.14. The third-order valence-electron chi connectivity index (χ3n) is 5.32. The highest BCUT2D eigenvalue weighted by molar-refractivity contribution is 6.16. The van der Waals surface area contributed by atoms with E-state index < -0.39 is 23.7 Å². The van der Waals surface area contributed by atoms with Crippen molar-refractivity contribution in [3.63, 3.8) is 0 Å². The van der Waals surface area contributed by atoms with Crippen molar-refractivity contribution in [3.8, 4) is 17.1 Å². The topological polar surface area (TPSA) is 138 Å². The minimum atomic E-state index is -1.40. The molecule has 1 saturated heterocycles. The van der Waals surface area contributed by atoms with Crippen LogP contribution >= 0.6 is 0 Å². The molecule has 1 fully saturated rings. The third kappa shape index (κ3) is 5.72. The van der Waals surface area contributed by atoms with Crippen molar-refractivity contribution < 1.29 is 37.7 Å². The molecule has 0 spiro atoms. The molecule has 1 aliphatic rings. The van der Waals surface area contributed by atoms with Crippen molar-refractivity contribution in [2.24, 2.45) is 0 Å². The molecule has 192 valence electrons. The number of methoxy groups -OCH3 is 2. The number of anilines is 1. The van der Waals surface area contributed by atoms with Gasteiger partial charge in [-0.05, 0) is 29.8 Å². The molecule has 1 aromatic heterocycles. The highest BCUT2D eigenvalue weighted by Crippen LogP contribution is 2.33. The second-order valence-corrected chi connectivity index (χ2v) is 8.38. The number of hydrogen-bond donors (Lipinski definition) is 2. The van der Waals surface area contributed by atoms with Gasteiger partial charge in [-0.1, -0.05) is 12.1 Å². The molecule has 3 aromatic rings. The lowest BCUT2D eigenvalue weighted by molar-refractivity contribution is -0.222. The Balaban J connectivity index is 1.67. The number of aromatic nitrogens is 1. The summed E-state index contributed by atoms with van der Waals surface area (Å²) in [6.45, 7) is 3.07. The molecule has 11 heteroatoms. The number of ether oxygens (including phenoxy) is 4. The predicted octanol–water partition coefficient (Wildman–Crippen LogP) is 3.39. The molecule has 0 unspecified atom stereocenters. The van der Waals surface area contributed by atoms with Gasteiger partial charge < -0.3 is 34.0 Å². The summed E-state index contributed by atoms with van der Waals surface area (Å²) in [4.78, 5) is 41.5. The molecule has 0 amide bonds. The Morgan fingerprint density at radius 3 is 2.46 bits per heavy atom. The van der Waals surface area contributed by atoms with Crippen LogP contribution in [0.3, 0.4) is 0 Å². The molecule has 2 aromatic carbocycles. The number of carbonyl (C=O) groups excluding carboxylic acids is 3. The van der Waals surface area contributed by atoms with Gasteiger partial charge in [0.25, 0.3) is 5.79 Å². The summed E-state index contributed by atoms with van der Waals surface area (Å²) >= 11 is 0. The van der Waals surface area contributed by atoms with E-state index in [1.54, 1.807) is 48.7 Å². The van der Waals surface area contributed by atoms with E-state index in [0.29, 0.717) is 33.9 Å². The van der Waals surface area contributed by atoms with E-state index in [1.807, 2.05) is 0 Å². The molecule has 1 aliphatic heterocycles. The van der Waals surface area contributed by atoms with E-state index in [0.717, 1.165) is 0 Å². The summed E-state index contributed by atoms with van der Waals surface area (Å²) in [5.41, 5.74) is 1.85. The zero-order valence-corrected chi connectivity index (χ0v) is 20.6. The summed E-state index contributed by atoms with van der Waals surface area (Å²) in [7, 11) is 2.80. The zero-order chi connectivity index (χ0) is 26.6. The number of benzene rings is 2. The summed E-state index contributed by atoms with van der Waals surface area (Å²) in [5, 5.41) is 6.10. The average Bonchev–Trinajstić information content (AvgIpc) is 3.40. The van der Waals surface area contributed by atoms with Crippen molar-refractivity contribution in [3.05, 3.63) is 77.6 Å². The van der Waals surface area contributed by atoms with Crippen LogP contribution in [0.1, 0.15) is 29.8 Å². The van der Waals surface area contributed by atoms with E-state index in [9.17, 15) is 14.4 Å². The van der Waals surface area contributed by atoms with Gasteiger partial charge in [0.2, 0.25) is 0 Å². The Morgan fingerprint density at radius 1 is 1.05 bits per heavy atom. The Hall–Kier alpha value is -4.80. The maximum Gasteiger partial charge on any atom is 0.352 e. The lowest BCUT2D eigenvalue weighted by atomic mass is 10.1. The van der Waals surface area contributed by atoms with E-state index in [-0.39, 0.29) is 17.9 Å². The Bertz CT molecular complexity index is 1340. The lowest BCUT2D eigenvalue weighted by Gasteiger charge is -2.31. The number of nitrogens with one attached hydrogen (secondary N) is 2. The van der Waals surface area contributed by atoms with Crippen LogP contribution in [0, 0.1) is 0 Å². The number of nitrogens with zero attached hydrogens (tertiary/aromatic N) is 1. The van der Waals surface area contributed by atoms with E-state index in [4.69, 9.17) is 23.4 Å². The van der Waals surface area contributed by atoms with Crippen LogP contribution in [0.4, 0.5) is 5.69 Å². The first-order valence-corrected chi connectivity index (χ1v) is 11.2. The van der Waals surface area contributed by atoms with Gasteiger partial charge in [0.15, 0.2) is 17.7 Å².